The minimum Gasteiger partial charge on any atom is -0.376 e. The quantitative estimate of drug-likeness (QED) is 0.862. The molecule has 2 nitrogen and oxygen atoms in total. The molecular formula is C13H19F2NO. The van der Waals surface area contributed by atoms with Gasteiger partial charge in [0.2, 0.25) is 0 Å². The van der Waals surface area contributed by atoms with Crippen LogP contribution in [0.2, 0.25) is 0 Å². The third-order valence-electron chi connectivity index (χ3n) is 2.86. The van der Waals surface area contributed by atoms with Gasteiger partial charge in [0.1, 0.15) is 0 Å². The lowest BCUT2D eigenvalue weighted by atomic mass is 10.1. The van der Waals surface area contributed by atoms with Crippen molar-refractivity contribution in [1.82, 2.24) is 0 Å². The molecule has 0 heterocycles. The van der Waals surface area contributed by atoms with Crippen LogP contribution in [0.25, 0.3) is 0 Å². The Balaban J connectivity index is 2.64. The van der Waals surface area contributed by atoms with Crippen molar-refractivity contribution in [3.63, 3.8) is 0 Å². The van der Waals surface area contributed by atoms with E-state index in [9.17, 15) is 8.78 Å². The molecule has 2 N–H and O–H groups in total. The van der Waals surface area contributed by atoms with E-state index in [2.05, 4.69) is 0 Å². The molecule has 1 aromatic rings. The molecular weight excluding hydrogens is 224 g/mol. The topological polar surface area (TPSA) is 35.2 Å². The van der Waals surface area contributed by atoms with Crippen molar-refractivity contribution in [3.05, 3.63) is 35.4 Å². The lowest BCUT2D eigenvalue weighted by molar-refractivity contribution is 0.0267. The van der Waals surface area contributed by atoms with Gasteiger partial charge in [0.15, 0.2) is 11.6 Å². The highest BCUT2D eigenvalue weighted by Crippen LogP contribution is 2.18. The van der Waals surface area contributed by atoms with Gasteiger partial charge in [-0.3, -0.25) is 0 Å². The summed E-state index contributed by atoms with van der Waals surface area (Å²) in [7, 11) is 0. The van der Waals surface area contributed by atoms with Gasteiger partial charge < -0.3 is 10.5 Å². The van der Waals surface area contributed by atoms with Crippen molar-refractivity contribution in [2.45, 2.75) is 32.9 Å². The normalized spacial score (nSPS) is 15.0. The molecule has 0 spiro atoms. The molecule has 0 bridgehead atoms. The second kappa shape index (κ2) is 6.07. The standard InChI is InChI=1S/C13H19F2NO/c1-8(2)9(3)17-7-12(16)10-5-4-6-11(14)13(10)15/h4-6,8-9,12H,7,16H2,1-3H3. The molecule has 0 aromatic heterocycles. The first-order valence-corrected chi connectivity index (χ1v) is 5.74. The van der Waals surface area contributed by atoms with Crippen molar-refractivity contribution in [2.75, 3.05) is 6.61 Å². The minimum atomic E-state index is -0.888. The Kier molecular flexibility index (Phi) is 5.02. The Morgan fingerprint density at radius 1 is 1.24 bits per heavy atom. The molecule has 1 aromatic carbocycles. The molecule has 0 radical (unpaired) electrons. The predicted octanol–water partition coefficient (Wildman–Crippen LogP) is 3.03. The third kappa shape index (κ3) is 3.75. The Labute approximate surface area is 101 Å². The van der Waals surface area contributed by atoms with Gasteiger partial charge in [-0.15, -0.1) is 0 Å². The smallest absolute Gasteiger partial charge is 0.163 e. The fraction of sp³-hybridized carbons (Fsp3) is 0.538. The summed E-state index contributed by atoms with van der Waals surface area (Å²) in [6, 6.07) is 3.35. The van der Waals surface area contributed by atoms with Gasteiger partial charge in [0.25, 0.3) is 0 Å². The number of nitrogens with two attached hydrogens (primary N) is 1. The first-order valence-electron chi connectivity index (χ1n) is 5.74. The second-order valence-corrected chi connectivity index (χ2v) is 4.53. The minimum absolute atomic E-state index is 0.0395. The van der Waals surface area contributed by atoms with Gasteiger partial charge >= 0.3 is 0 Å². The highest BCUT2D eigenvalue weighted by atomic mass is 19.2. The van der Waals surface area contributed by atoms with Crippen LogP contribution in [0, 0.1) is 17.6 Å². The number of halogens is 2. The first-order chi connectivity index (χ1) is 7.93. The zero-order valence-electron chi connectivity index (χ0n) is 10.4. The molecule has 0 amide bonds. The summed E-state index contributed by atoms with van der Waals surface area (Å²) < 4.78 is 31.9. The van der Waals surface area contributed by atoms with Crippen molar-refractivity contribution < 1.29 is 13.5 Å². The summed E-state index contributed by atoms with van der Waals surface area (Å²) in [5, 5.41) is 0. The Bertz CT molecular complexity index is 368. The molecule has 2 unspecified atom stereocenters. The van der Waals surface area contributed by atoms with E-state index in [0.717, 1.165) is 6.07 Å². The summed E-state index contributed by atoms with van der Waals surface area (Å²) in [6.45, 7) is 6.16. The van der Waals surface area contributed by atoms with E-state index in [1.54, 1.807) is 0 Å². The van der Waals surface area contributed by atoms with Crippen LogP contribution in [0.3, 0.4) is 0 Å². The molecule has 17 heavy (non-hydrogen) atoms. The fourth-order valence-corrected chi connectivity index (χ4v) is 1.34. The molecule has 0 aliphatic heterocycles. The van der Waals surface area contributed by atoms with Crippen LogP contribution in [0.4, 0.5) is 8.78 Å². The summed E-state index contributed by atoms with van der Waals surface area (Å²) in [5.41, 5.74) is 5.94. The van der Waals surface area contributed by atoms with Gasteiger partial charge in [0, 0.05) is 5.56 Å². The van der Waals surface area contributed by atoms with Crippen molar-refractivity contribution in [1.29, 1.82) is 0 Å². The van der Waals surface area contributed by atoms with Crippen molar-refractivity contribution >= 4 is 0 Å². The maximum atomic E-state index is 13.4. The van der Waals surface area contributed by atoms with Crippen LogP contribution in [-0.2, 0) is 4.74 Å². The largest absolute Gasteiger partial charge is 0.376 e. The van der Waals surface area contributed by atoms with Crippen molar-refractivity contribution in [3.8, 4) is 0 Å². The first kappa shape index (κ1) is 14.1. The lowest BCUT2D eigenvalue weighted by Gasteiger charge is -2.20. The van der Waals surface area contributed by atoms with Crippen LogP contribution in [0.5, 0.6) is 0 Å². The maximum absolute atomic E-state index is 13.4. The Morgan fingerprint density at radius 3 is 2.47 bits per heavy atom. The highest BCUT2D eigenvalue weighted by Gasteiger charge is 2.16. The molecule has 4 heteroatoms. The van der Waals surface area contributed by atoms with Gasteiger partial charge in [0.05, 0.1) is 18.8 Å². The number of rotatable bonds is 5. The van der Waals surface area contributed by atoms with E-state index in [1.807, 2.05) is 20.8 Å². The van der Waals surface area contributed by atoms with E-state index in [-0.39, 0.29) is 18.3 Å². The van der Waals surface area contributed by atoms with Crippen molar-refractivity contribution in [2.24, 2.45) is 11.7 Å². The maximum Gasteiger partial charge on any atom is 0.163 e. The van der Waals surface area contributed by atoms with Crippen LogP contribution in [0.1, 0.15) is 32.4 Å². The molecule has 0 saturated heterocycles. The van der Waals surface area contributed by atoms with Crippen LogP contribution in [-0.4, -0.2) is 12.7 Å². The highest BCUT2D eigenvalue weighted by molar-refractivity contribution is 5.22. The summed E-state index contributed by atoms with van der Waals surface area (Å²) in [6.07, 6.45) is 0.0395. The molecule has 0 saturated carbocycles. The zero-order valence-corrected chi connectivity index (χ0v) is 10.4. The van der Waals surface area contributed by atoms with Gasteiger partial charge in [-0.05, 0) is 18.9 Å². The molecule has 2 atom stereocenters. The third-order valence-corrected chi connectivity index (χ3v) is 2.86. The number of hydrogen-bond acceptors (Lipinski definition) is 2. The molecule has 1 rings (SSSR count). The van der Waals surface area contributed by atoms with Crippen LogP contribution in [0.15, 0.2) is 18.2 Å². The Morgan fingerprint density at radius 2 is 1.88 bits per heavy atom. The predicted molar refractivity (Wildman–Crippen MR) is 63.5 cm³/mol. The average molecular weight is 243 g/mol. The van der Waals surface area contributed by atoms with Crippen LogP contribution >= 0.6 is 0 Å². The van der Waals surface area contributed by atoms with E-state index in [4.69, 9.17) is 10.5 Å². The van der Waals surface area contributed by atoms with Gasteiger partial charge in [-0.2, -0.15) is 0 Å². The number of hydrogen-bond donors (Lipinski definition) is 1. The Hall–Kier alpha value is -1.00. The van der Waals surface area contributed by atoms with Crippen LogP contribution < -0.4 is 5.73 Å². The molecule has 0 aliphatic rings. The number of benzene rings is 1. The SMILES string of the molecule is CC(C)C(C)OCC(N)c1cccc(F)c1F. The molecule has 0 fully saturated rings. The fourth-order valence-electron chi connectivity index (χ4n) is 1.34. The summed E-state index contributed by atoms with van der Waals surface area (Å²) in [4.78, 5) is 0. The number of ether oxygens (including phenoxy) is 1. The molecule has 0 aliphatic carbocycles. The van der Waals surface area contributed by atoms with E-state index in [1.165, 1.54) is 12.1 Å². The lowest BCUT2D eigenvalue weighted by Crippen LogP contribution is -2.24. The second-order valence-electron chi connectivity index (χ2n) is 4.53. The van der Waals surface area contributed by atoms with E-state index in [0.29, 0.717) is 5.92 Å². The zero-order chi connectivity index (χ0) is 13.0. The van der Waals surface area contributed by atoms with Gasteiger partial charge in [-0.1, -0.05) is 26.0 Å². The van der Waals surface area contributed by atoms with E-state index < -0.39 is 17.7 Å². The average Bonchev–Trinajstić information content (AvgIpc) is 2.29. The monoisotopic (exact) mass is 243 g/mol. The summed E-state index contributed by atoms with van der Waals surface area (Å²) in [5.74, 6) is -1.41. The summed E-state index contributed by atoms with van der Waals surface area (Å²) >= 11 is 0. The molecule has 96 valence electrons. The van der Waals surface area contributed by atoms with Gasteiger partial charge in [-0.25, -0.2) is 8.78 Å². The van der Waals surface area contributed by atoms with E-state index >= 15 is 0 Å².